The third kappa shape index (κ3) is 8.31. The second-order valence-corrected chi connectivity index (χ2v) is 9.56. The van der Waals surface area contributed by atoms with Gasteiger partial charge >= 0.3 is 0 Å². The zero-order chi connectivity index (χ0) is 21.7. The van der Waals surface area contributed by atoms with Gasteiger partial charge in [-0.2, -0.15) is 0 Å². The molecule has 3 rings (SSSR count). The zero-order valence-electron chi connectivity index (χ0n) is 20.0. The molecule has 0 bridgehead atoms. The molecule has 1 aliphatic rings. The first-order valence-electron chi connectivity index (χ1n) is 13.0. The van der Waals surface area contributed by atoms with Gasteiger partial charge < -0.3 is 4.74 Å². The van der Waals surface area contributed by atoms with Gasteiger partial charge in [0, 0.05) is 11.8 Å². The SMILES string of the molecule is CCCCCCC1CCCC(CCc2ccc(-c3ccc(OCCCC)cc3)nc2)C1. The van der Waals surface area contributed by atoms with Gasteiger partial charge in [-0.3, -0.25) is 4.98 Å². The fraction of sp³-hybridized carbons (Fsp3) is 0.621. The van der Waals surface area contributed by atoms with Crippen molar-refractivity contribution >= 4 is 0 Å². The minimum atomic E-state index is 0.795. The highest BCUT2D eigenvalue weighted by Crippen LogP contribution is 2.35. The van der Waals surface area contributed by atoms with Crippen LogP contribution in [0.5, 0.6) is 5.75 Å². The minimum Gasteiger partial charge on any atom is -0.494 e. The topological polar surface area (TPSA) is 22.1 Å². The predicted molar refractivity (Wildman–Crippen MR) is 133 cm³/mol. The summed E-state index contributed by atoms with van der Waals surface area (Å²) in [6, 6.07) is 12.8. The number of ether oxygens (including phenoxy) is 1. The normalized spacial score (nSPS) is 18.8. The van der Waals surface area contributed by atoms with E-state index in [1.165, 1.54) is 76.2 Å². The lowest BCUT2D eigenvalue weighted by molar-refractivity contribution is 0.239. The standard InChI is InChI=1S/C29H43NO/c1-3-5-7-8-10-24-11-9-12-25(22-24)13-14-26-15-20-29(30-23-26)27-16-18-28(19-17-27)31-21-6-4-2/h15-20,23-25H,3-14,21-22H2,1-2H3. The molecule has 2 nitrogen and oxygen atoms in total. The summed E-state index contributed by atoms with van der Waals surface area (Å²) in [7, 11) is 0. The number of aromatic nitrogens is 1. The van der Waals surface area contributed by atoms with Crippen LogP contribution in [0.1, 0.15) is 96.5 Å². The van der Waals surface area contributed by atoms with Crippen LogP contribution >= 0.6 is 0 Å². The van der Waals surface area contributed by atoms with Crippen molar-refractivity contribution in [2.45, 2.75) is 97.3 Å². The Hall–Kier alpha value is -1.83. The second-order valence-electron chi connectivity index (χ2n) is 9.56. The molecule has 1 heterocycles. The van der Waals surface area contributed by atoms with Gasteiger partial charge in [0.1, 0.15) is 5.75 Å². The lowest BCUT2D eigenvalue weighted by Crippen LogP contribution is -2.16. The van der Waals surface area contributed by atoms with Gasteiger partial charge in [-0.05, 0) is 73.4 Å². The molecular formula is C29H43NO. The summed E-state index contributed by atoms with van der Waals surface area (Å²) in [5, 5.41) is 0. The molecule has 2 heteroatoms. The van der Waals surface area contributed by atoms with E-state index >= 15 is 0 Å². The van der Waals surface area contributed by atoms with Crippen molar-refractivity contribution < 1.29 is 4.74 Å². The van der Waals surface area contributed by atoms with E-state index in [0.717, 1.165) is 48.3 Å². The van der Waals surface area contributed by atoms with Crippen molar-refractivity contribution in [1.82, 2.24) is 4.98 Å². The lowest BCUT2D eigenvalue weighted by Gasteiger charge is -2.29. The van der Waals surface area contributed by atoms with Gasteiger partial charge in [-0.15, -0.1) is 0 Å². The van der Waals surface area contributed by atoms with E-state index in [2.05, 4.69) is 56.4 Å². The molecule has 170 valence electrons. The van der Waals surface area contributed by atoms with Crippen LogP contribution < -0.4 is 4.74 Å². The highest BCUT2D eigenvalue weighted by molar-refractivity contribution is 5.60. The highest BCUT2D eigenvalue weighted by Gasteiger charge is 2.21. The molecule has 0 saturated heterocycles. The van der Waals surface area contributed by atoms with E-state index in [4.69, 9.17) is 9.72 Å². The molecule has 31 heavy (non-hydrogen) atoms. The van der Waals surface area contributed by atoms with Crippen LogP contribution in [0.15, 0.2) is 42.6 Å². The lowest BCUT2D eigenvalue weighted by atomic mass is 9.77. The molecule has 0 spiro atoms. The highest BCUT2D eigenvalue weighted by atomic mass is 16.5. The van der Waals surface area contributed by atoms with Crippen molar-refractivity contribution in [3.63, 3.8) is 0 Å². The Morgan fingerprint density at radius 1 is 0.839 bits per heavy atom. The number of rotatable bonds is 13. The Morgan fingerprint density at radius 2 is 1.61 bits per heavy atom. The Labute approximate surface area is 190 Å². The van der Waals surface area contributed by atoms with Gasteiger partial charge in [-0.25, -0.2) is 0 Å². The number of hydrogen-bond acceptors (Lipinski definition) is 2. The third-order valence-corrected chi connectivity index (χ3v) is 6.94. The molecule has 0 N–H and O–H groups in total. The van der Waals surface area contributed by atoms with E-state index in [-0.39, 0.29) is 0 Å². The van der Waals surface area contributed by atoms with Gasteiger partial charge in [0.25, 0.3) is 0 Å². The summed E-state index contributed by atoms with van der Waals surface area (Å²) in [4.78, 5) is 4.75. The maximum atomic E-state index is 5.77. The van der Waals surface area contributed by atoms with Crippen molar-refractivity contribution in [1.29, 1.82) is 0 Å². The quantitative estimate of drug-likeness (QED) is 0.302. The molecular weight excluding hydrogens is 378 g/mol. The van der Waals surface area contributed by atoms with Crippen molar-refractivity contribution in [2.24, 2.45) is 11.8 Å². The Balaban J connectivity index is 1.43. The summed E-state index contributed by atoms with van der Waals surface area (Å²) >= 11 is 0. The number of hydrogen-bond donors (Lipinski definition) is 0. The molecule has 0 amide bonds. The molecule has 1 fully saturated rings. The third-order valence-electron chi connectivity index (χ3n) is 6.94. The van der Waals surface area contributed by atoms with Crippen molar-refractivity contribution in [3.8, 4) is 17.0 Å². The van der Waals surface area contributed by atoms with Crippen molar-refractivity contribution in [2.75, 3.05) is 6.61 Å². The summed E-state index contributed by atoms with van der Waals surface area (Å²) < 4.78 is 5.77. The molecule has 1 saturated carbocycles. The molecule has 0 radical (unpaired) electrons. The van der Waals surface area contributed by atoms with Crippen LogP contribution in [0.2, 0.25) is 0 Å². The van der Waals surface area contributed by atoms with Crippen LogP contribution in [0, 0.1) is 11.8 Å². The number of unbranched alkanes of at least 4 members (excludes halogenated alkanes) is 4. The first kappa shape index (κ1) is 23.8. The van der Waals surface area contributed by atoms with Gasteiger partial charge in [-0.1, -0.05) is 77.7 Å². The number of aryl methyl sites for hydroxylation is 1. The van der Waals surface area contributed by atoms with Gasteiger partial charge in [0.05, 0.1) is 12.3 Å². The smallest absolute Gasteiger partial charge is 0.119 e. The van der Waals surface area contributed by atoms with E-state index in [1.807, 2.05) is 0 Å². The second kappa shape index (κ2) is 13.6. The van der Waals surface area contributed by atoms with Crippen LogP contribution in [0.4, 0.5) is 0 Å². The largest absolute Gasteiger partial charge is 0.494 e. The van der Waals surface area contributed by atoms with Crippen LogP contribution in [0.25, 0.3) is 11.3 Å². The molecule has 2 unspecified atom stereocenters. The average molecular weight is 422 g/mol. The Bertz CT molecular complexity index is 721. The van der Waals surface area contributed by atoms with Gasteiger partial charge in [0.15, 0.2) is 0 Å². The summed E-state index contributed by atoms with van der Waals surface area (Å²) in [6.45, 7) is 5.28. The van der Waals surface area contributed by atoms with E-state index in [0.29, 0.717) is 0 Å². The molecule has 0 aliphatic heterocycles. The Kier molecular flexibility index (Phi) is 10.4. The molecule has 1 aromatic carbocycles. The fourth-order valence-electron chi connectivity index (χ4n) is 4.96. The van der Waals surface area contributed by atoms with E-state index in [9.17, 15) is 0 Å². The molecule has 2 aromatic rings. The average Bonchev–Trinajstić information content (AvgIpc) is 2.82. The van der Waals surface area contributed by atoms with Crippen LogP contribution in [0.3, 0.4) is 0 Å². The molecule has 2 atom stereocenters. The molecule has 1 aromatic heterocycles. The van der Waals surface area contributed by atoms with E-state index in [1.54, 1.807) is 0 Å². The zero-order valence-corrected chi connectivity index (χ0v) is 20.0. The van der Waals surface area contributed by atoms with Crippen LogP contribution in [-0.2, 0) is 6.42 Å². The Morgan fingerprint density at radius 3 is 2.32 bits per heavy atom. The maximum Gasteiger partial charge on any atom is 0.119 e. The predicted octanol–water partition coefficient (Wildman–Crippen LogP) is 8.64. The molecule has 1 aliphatic carbocycles. The first-order valence-corrected chi connectivity index (χ1v) is 13.0. The summed E-state index contributed by atoms with van der Waals surface area (Å²) in [5.41, 5.74) is 3.59. The number of nitrogens with zero attached hydrogens (tertiary/aromatic N) is 1. The van der Waals surface area contributed by atoms with Crippen LogP contribution in [-0.4, -0.2) is 11.6 Å². The van der Waals surface area contributed by atoms with E-state index < -0.39 is 0 Å². The van der Waals surface area contributed by atoms with Gasteiger partial charge in [0.2, 0.25) is 0 Å². The fourth-order valence-corrected chi connectivity index (χ4v) is 4.96. The minimum absolute atomic E-state index is 0.795. The first-order chi connectivity index (χ1) is 15.3. The van der Waals surface area contributed by atoms with Crippen molar-refractivity contribution in [3.05, 3.63) is 48.2 Å². The monoisotopic (exact) mass is 421 g/mol. The maximum absolute atomic E-state index is 5.77. The number of benzene rings is 1. The number of pyridine rings is 1. The summed E-state index contributed by atoms with van der Waals surface area (Å²) in [5.74, 6) is 2.86. The summed E-state index contributed by atoms with van der Waals surface area (Å²) in [6.07, 6.45) is 19.8.